The molecule has 0 radical (unpaired) electrons. The minimum Gasteiger partial charge on any atom is -0.398 e. The molecule has 0 amide bonds. The molecule has 3 aliphatic heterocycles. The molecule has 12 heteroatoms. The zero-order valence-electron chi connectivity index (χ0n) is 17.5. The smallest absolute Gasteiger partial charge is 0.398 e. The summed E-state index contributed by atoms with van der Waals surface area (Å²) in [4.78, 5) is 11.9. The molecule has 32 heavy (non-hydrogen) atoms. The van der Waals surface area contributed by atoms with Crippen LogP contribution in [0.3, 0.4) is 0 Å². The van der Waals surface area contributed by atoms with Gasteiger partial charge in [-0.25, -0.2) is 4.99 Å². The molecule has 0 aliphatic carbocycles. The fourth-order valence-corrected chi connectivity index (χ4v) is 4.30. The highest BCUT2D eigenvalue weighted by molar-refractivity contribution is 5.80. The largest absolute Gasteiger partial charge is 0.417 e. The number of nitrogens with zero attached hydrogens (tertiary/aromatic N) is 4. The number of morpholine rings is 1. The summed E-state index contributed by atoms with van der Waals surface area (Å²) in [6, 6.07) is 0.681. The lowest BCUT2D eigenvalue weighted by Crippen LogP contribution is -2.58. The number of rotatable bonds is 4. The molecular formula is C20H27F3N8O. The van der Waals surface area contributed by atoms with Crippen LogP contribution in [0.25, 0.3) is 0 Å². The van der Waals surface area contributed by atoms with Crippen LogP contribution < -0.4 is 27.4 Å². The molecule has 4 heterocycles. The fourth-order valence-electron chi connectivity index (χ4n) is 4.30. The monoisotopic (exact) mass is 452 g/mol. The van der Waals surface area contributed by atoms with Crippen molar-refractivity contribution >= 4 is 11.6 Å². The number of nitrogens with one attached hydrogen (secondary N) is 1. The van der Waals surface area contributed by atoms with Crippen LogP contribution in [-0.4, -0.2) is 67.4 Å². The molecule has 1 aromatic heterocycles. The molecule has 2 atom stereocenters. The Hall–Kier alpha value is -2.83. The van der Waals surface area contributed by atoms with Gasteiger partial charge < -0.3 is 32.2 Å². The molecule has 174 valence electrons. The van der Waals surface area contributed by atoms with Gasteiger partial charge in [0.1, 0.15) is 0 Å². The first-order valence-corrected chi connectivity index (χ1v) is 10.4. The Kier molecular flexibility index (Phi) is 6.26. The summed E-state index contributed by atoms with van der Waals surface area (Å²) in [5, 5.41) is 2.86. The number of pyridine rings is 1. The second kappa shape index (κ2) is 8.96. The summed E-state index contributed by atoms with van der Waals surface area (Å²) in [5.41, 5.74) is 20.6. The molecule has 3 aliphatic rings. The van der Waals surface area contributed by atoms with Gasteiger partial charge in [-0.3, -0.25) is 9.88 Å². The van der Waals surface area contributed by atoms with E-state index in [0.717, 1.165) is 23.4 Å². The summed E-state index contributed by atoms with van der Waals surface area (Å²) in [6.07, 6.45) is -0.464. The summed E-state index contributed by atoms with van der Waals surface area (Å²) in [7, 11) is 0. The molecule has 0 saturated carbocycles. The average molecular weight is 452 g/mol. The zero-order chi connectivity index (χ0) is 22.9. The van der Waals surface area contributed by atoms with E-state index in [1.807, 2.05) is 4.90 Å². The summed E-state index contributed by atoms with van der Waals surface area (Å²) < 4.78 is 45.4. The van der Waals surface area contributed by atoms with Gasteiger partial charge in [0, 0.05) is 43.3 Å². The van der Waals surface area contributed by atoms with Gasteiger partial charge in [-0.1, -0.05) is 0 Å². The van der Waals surface area contributed by atoms with E-state index in [1.165, 1.54) is 6.20 Å². The number of halogens is 3. The lowest BCUT2D eigenvalue weighted by atomic mass is 9.97. The van der Waals surface area contributed by atoms with Crippen molar-refractivity contribution in [2.24, 2.45) is 22.2 Å². The second-order valence-corrected chi connectivity index (χ2v) is 7.91. The van der Waals surface area contributed by atoms with E-state index in [-0.39, 0.29) is 0 Å². The highest BCUT2D eigenvalue weighted by Crippen LogP contribution is 2.37. The Morgan fingerprint density at radius 3 is 2.62 bits per heavy atom. The molecule has 9 nitrogen and oxygen atoms in total. The molecule has 1 unspecified atom stereocenters. The minimum atomic E-state index is -4.49. The van der Waals surface area contributed by atoms with E-state index >= 15 is 0 Å². The number of nitrogens with two attached hydrogens (primary N) is 3. The van der Waals surface area contributed by atoms with Crippen molar-refractivity contribution in [2.75, 3.05) is 44.3 Å². The third kappa shape index (κ3) is 4.52. The van der Waals surface area contributed by atoms with E-state index in [1.54, 1.807) is 6.20 Å². The minimum absolute atomic E-state index is 0.302. The number of aromatic nitrogens is 1. The molecular weight excluding hydrogens is 425 g/mol. The van der Waals surface area contributed by atoms with Gasteiger partial charge in [0.25, 0.3) is 0 Å². The summed E-state index contributed by atoms with van der Waals surface area (Å²) in [6.45, 7) is 3.13. The van der Waals surface area contributed by atoms with Crippen LogP contribution in [0.2, 0.25) is 0 Å². The quantitative estimate of drug-likeness (QED) is 0.514. The Morgan fingerprint density at radius 1 is 1.22 bits per heavy atom. The van der Waals surface area contributed by atoms with Crippen LogP contribution in [0.5, 0.6) is 0 Å². The van der Waals surface area contributed by atoms with Gasteiger partial charge in [-0.2, -0.15) is 13.2 Å². The SMILES string of the molecule is NC1=NCC(/C(N)=C2\CCN(c3cncc(C(F)(F)F)c3)C2[C@@H](N)N2CCOCC2)=CN1. The third-order valence-corrected chi connectivity index (χ3v) is 5.99. The third-order valence-electron chi connectivity index (χ3n) is 5.99. The number of anilines is 1. The fraction of sp³-hybridized carbons (Fsp3) is 0.500. The van der Waals surface area contributed by atoms with Crippen molar-refractivity contribution in [3.8, 4) is 0 Å². The second-order valence-electron chi connectivity index (χ2n) is 7.91. The molecule has 2 saturated heterocycles. The van der Waals surface area contributed by atoms with Gasteiger partial charge in [0.15, 0.2) is 5.96 Å². The Labute approximate surface area is 183 Å². The van der Waals surface area contributed by atoms with E-state index in [9.17, 15) is 13.2 Å². The Balaban J connectivity index is 1.71. The van der Waals surface area contributed by atoms with Crippen LogP contribution in [-0.2, 0) is 10.9 Å². The average Bonchev–Trinajstić information content (AvgIpc) is 3.24. The maximum atomic E-state index is 13.3. The van der Waals surface area contributed by atoms with Crippen molar-refractivity contribution in [3.05, 3.63) is 47.1 Å². The van der Waals surface area contributed by atoms with E-state index in [0.29, 0.717) is 63.2 Å². The molecule has 1 aromatic rings. The van der Waals surface area contributed by atoms with E-state index in [2.05, 4.69) is 20.2 Å². The van der Waals surface area contributed by atoms with Crippen molar-refractivity contribution in [3.63, 3.8) is 0 Å². The first-order valence-electron chi connectivity index (χ1n) is 10.4. The number of alkyl halides is 3. The maximum Gasteiger partial charge on any atom is 0.417 e. The van der Waals surface area contributed by atoms with Crippen molar-refractivity contribution < 1.29 is 17.9 Å². The molecule has 4 rings (SSSR count). The molecule has 0 bridgehead atoms. The van der Waals surface area contributed by atoms with Gasteiger partial charge in [-0.15, -0.1) is 0 Å². The Morgan fingerprint density at radius 2 is 1.97 bits per heavy atom. The molecule has 7 N–H and O–H groups in total. The zero-order valence-corrected chi connectivity index (χ0v) is 17.5. The van der Waals surface area contributed by atoms with Crippen molar-refractivity contribution in [1.29, 1.82) is 0 Å². The lowest BCUT2D eigenvalue weighted by molar-refractivity contribution is -0.137. The van der Waals surface area contributed by atoms with Gasteiger partial charge in [0.2, 0.25) is 0 Å². The molecule has 0 spiro atoms. The number of aliphatic imine (C=N–C) groups is 1. The molecule has 0 aromatic carbocycles. The molecule has 2 fully saturated rings. The van der Waals surface area contributed by atoms with Gasteiger partial charge in [0.05, 0.1) is 49.4 Å². The highest BCUT2D eigenvalue weighted by atomic mass is 19.4. The lowest BCUT2D eigenvalue weighted by Gasteiger charge is -2.40. The van der Waals surface area contributed by atoms with E-state index in [4.69, 9.17) is 21.9 Å². The summed E-state index contributed by atoms with van der Waals surface area (Å²) >= 11 is 0. The topological polar surface area (TPSA) is 131 Å². The standard InChI is InChI=1S/C20H27F3N8O/c21-20(22,23)13-7-14(11-27-10-13)31-2-1-15(16(24)12-8-28-19(26)29-9-12)17(31)18(25)30-3-5-32-6-4-30/h7-8,10-11,17-18H,1-6,9,24-25H2,(H3,26,28,29)/b16-15-/t17?,18-/m0/s1. The predicted octanol–water partition coefficient (Wildman–Crippen LogP) is 0.311. The highest BCUT2D eigenvalue weighted by Gasteiger charge is 2.40. The van der Waals surface area contributed by atoms with Crippen LogP contribution in [0.15, 0.2) is 46.5 Å². The van der Waals surface area contributed by atoms with Crippen LogP contribution in [0.4, 0.5) is 18.9 Å². The summed E-state index contributed by atoms with van der Waals surface area (Å²) in [5.74, 6) is 0.302. The van der Waals surface area contributed by atoms with Gasteiger partial charge in [-0.05, 0) is 18.1 Å². The van der Waals surface area contributed by atoms with Crippen molar-refractivity contribution in [2.45, 2.75) is 24.8 Å². The van der Waals surface area contributed by atoms with Crippen LogP contribution in [0, 0.1) is 0 Å². The van der Waals surface area contributed by atoms with Crippen LogP contribution in [0.1, 0.15) is 12.0 Å². The Bertz CT molecular complexity index is 939. The maximum absolute atomic E-state index is 13.3. The number of guanidine groups is 1. The van der Waals surface area contributed by atoms with Crippen LogP contribution >= 0.6 is 0 Å². The first-order chi connectivity index (χ1) is 15.3. The normalized spacial score (nSPS) is 25.1. The van der Waals surface area contributed by atoms with Crippen molar-refractivity contribution in [1.82, 2.24) is 15.2 Å². The number of hydrogen-bond donors (Lipinski definition) is 4. The number of ether oxygens (including phenoxy) is 1. The van der Waals surface area contributed by atoms with E-state index < -0.39 is 23.9 Å². The number of hydrogen-bond acceptors (Lipinski definition) is 9. The first kappa shape index (κ1) is 22.4. The predicted molar refractivity (Wildman–Crippen MR) is 114 cm³/mol. The van der Waals surface area contributed by atoms with Gasteiger partial charge >= 0.3 is 6.18 Å².